The first-order chi connectivity index (χ1) is 11.8. The number of rotatable bonds is 8. The van der Waals surface area contributed by atoms with E-state index in [4.69, 9.17) is 0 Å². The average Bonchev–Trinajstić information content (AvgIpc) is 3.40. The summed E-state index contributed by atoms with van der Waals surface area (Å²) >= 11 is 0. The van der Waals surface area contributed by atoms with Crippen LogP contribution in [-0.2, 0) is 4.79 Å². The van der Waals surface area contributed by atoms with Gasteiger partial charge in [0.05, 0.1) is 6.07 Å². The van der Waals surface area contributed by atoms with Crippen molar-refractivity contribution in [2.75, 3.05) is 6.54 Å². The molecule has 1 aliphatic carbocycles. The molecule has 0 heterocycles. The SMILES string of the molecule is CC(C)c1ccc([C@H]([NH2+]CC(=O)N[C@](C)(C#N)C2CC2)C(C)C)cc1. The molecule has 0 radical (unpaired) electrons. The van der Waals surface area contributed by atoms with E-state index in [1.165, 1.54) is 11.1 Å². The zero-order valence-corrected chi connectivity index (χ0v) is 16.2. The maximum absolute atomic E-state index is 12.4. The Labute approximate surface area is 152 Å². The van der Waals surface area contributed by atoms with Gasteiger partial charge in [-0.2, -0.15) is 5.26 Å². The van der Waals surface area contributed by atoms with E-state index in [-0.39, 0.29) is 11.9 Å². The monoisotopic (exact) mass is 342 g/mol. The van der Waals surface area contributed by atoms with Crippen LogP contribution in [0, 0.1) is 23.2 Å². The Balaban J connectivity index is 1.97. The Kier molecular flexibility index (Phi) is 6.24. The molecule has 4 heteroatoms. The van der Waals surface area contributed by atoms with Gasteiger partial charge in [-0.3, -0.25) is 4.79 Å². The lowest BCUT2D eigenvalue weighted by Crippen LogP contribution is -2.88. The van der Waals surface area contributed by atoms with Crippen LogP contribution in [0.3, 0.4) is 0 Å². The van der Waals surface area contributed by atoms with Crippen molar-refractivity contribution in [3.05, 3.63) is 35.4 Å². The van der Waals surface area contributed by atoms with Crippen LogP contribution in [0.25, 0.3) is 0 Å². The number of nitrogens with two attached hydrogens (primary N) is 1. The van der Waals surface area contributed by atoms with Crippen molar-refractivity contribution < 1.29 is 10.1 Å². The van der Waals surface area contributed by atoms with E-state index in [0.717, 1.165) is 12.8 Å². The van der Waals surface area contributed by atoms with E-state index in [1.54, 1.807) is 0 Å². The van der Waals surface area contributed by atoms with Gasteiger partial charge in [-0.05, 0) is 37.2 Å². The van der Waals surface area contributed by atoms with Crippen LogP contribution in [0.5, 0.6) is 0 Å². The van der Waals surface area contributed by atoms with Gasteiger partial charge in [0.1, 0.15) is 11.6 Å². The van der Waals surface area contributed by atoms with E-state index in [9.17, 15) is 10.1 Å². The van der Waals surface area contributed by atoms with Crippen molar-refractivity contribution in [3.63, 3.8) is 0 Å². The van der Waals surface area contributed by atoms with Crippen LogP contribution in [0.1, 0.15) is 70.5 Å². The molecule has 1 fully saturated rings. The number of hydrogen-bond acceptors (Lipinski definition) is 2. The summed E-state index contributed by atoms with van der Waals surface area (Å²) in [6.07, 6.45) is 2.07. The second-order valence-corrected chi connectivity index (χ2v) is 8.17. The number of hydrogen-bond donors (Lipinski definition) is 2. The number of quaternary nitrogens is 1. The van der Waals surface area contributed by atoms with Gasteiger partial charge in [0.2, 0.25) is 0 Å². The highest BCUT2D eigenvalue weighted by Crippen LogP contribution is 2.39. The van der Waals surface area contributed by atoms with Crippen molar-refractivity contribution in [1.29, 1.82) is 5.26 Å². The molecular formula is C21H32N3O+. The van der Waals surface area contributed by atoms with Crippen molar-refractivity contribution in [3.8, 4) is 6.07 Å². The maximum Gasteiger partial charge on any atom is 0.276 e. The van der Waals surface area contributed by atoms with E-state index < -0.39 is 5.54 Å². The van der Waals surface area contributed by atoms with Crippen LogP contribution in [0.15, 0.2) is 24.3 Å². The zero-order chi connectivity index (χ0) is 18.6. The highest BCUT2D eigenvalue weighted by atomic mass is 16.2. The van der Waals surface area contributed by atoms with Crippen LogP contribution < -0.4 is 10.6 Å². The lowest BCUT2D eigenvalue weighted by molar-refractivity contribution is -0.692. The summed E-state index contributed by atoms with van der Waals surface area (Å²) in [5.74, 6) is 1.20. The van der Waals surface area contributed by atoms with Crippen LogP contribution in [0.2, 0.25) is 0 Å². The summed E-state index contributed by atoms with van der Waals surface area (Å²) in [6.45, 7) is 10.9. The molecule has 25 heavy (non-hydrogen) atoms. The number of carbonyl (C=O) groups is 1. The third-order valence-corrected chi connectivity index (χ3v) is 5.29. The van der Waals surface area contributed by atoms with Gasteiger partial charge >= 0.3 is 0 Å². The number of amides is 1. The van der Waals surface area contributed by atoms with E-state index in [2.05, 4.69) is 68.7 Å². The number of nitrogens with one attached hydrogen (secondary N) is 1. The number of nitriles is 1. The topological polar surface area (TPSA) is 69.5 Å². The van der Waals surface area contributed by atoms with E-state index in [0.29, 0.717) is 24.3 Å². The summed E-state index contributed by atoms with van der Waals surface area (Å²) in [5, 5.41) is 14.4. The smallest absolute Gasteiger partial charge is 0.276 e. The van der Waals surface area contributed by atoms with E-state index in [1.807, 2.05) is 6.92 Å². The number of nitrogens with zero attached hydrogens (tertiary/aromatic N) is 1. The minimum Gasteiger partial charge on any atom is -0.333 e. The molecule has 4 nitrogen and oxygen atoms in total. The fraction of sp³-hybridized carbons (Fsp3) is 0.619. The lowest BCUT2D eigenvalue weighted by Gasteiger charge is -2.24. The summed E-state index contributed by atoms with van der Waals surface area (Å²) < 4.78 is 0. The molecule has 0 unspecified atom stereocenters. The van der Waals surface area contributed by atoms with Crippen LogP contribution in [-0.4, -0.2) is 18.0 Å². The summed E-state index contributed by atoms with van der Waals surface area (Å²) in [7, 11) is 0. The van der Waals surface area contributed by atoms with Crippen LogP contribution >= 0.6 is 0 Å². The molecule has 1 aromatic carbocycles. The Morgan fingerprint density at radius 3 is 2.24 bits per heavy atom. The normalized spacial score (nSPS) is 17.8. The molecular weight excluding hydrogens is 310 g/mol. The van der Waals surface area contributed by atoms with Crippen molar-refractivity contribution in [2.24, 2.45) is 11.8 Å². The van der Waals surface area contributed by atoms with Crippen molar-refractivity contribution in [1.82, 2.24) is 5.32 Å². The number of carbonyl (C=O) groups excluding carboxylic acids is 1. The predicted octanol–water partition coefficient (Wildman–Crippen LogP) is 2.88. The van der Waals surface area contributed by atoms with Gasteiger partial charge in [-0.1, -0.05) is 52.0 Å². The lowest BCUT2D eigenvalue weighted by atomic mass is 9.93. The molecule has 1 aromatic rings. The summed E-state index contributed by atoms with van der Waals surface area (Å²) in [6, 6.07) is 11.2. The molecule has 0 saturated heterocycles. The van der Waals surface area contributed by atoms with Gasteiger partial charge < -0.3 is 10.6 Å². The van der Waals surface area contributed by atoms with E-state index >= 15 is 0 Å². The number of benzene rings is 1. The molecule has 136 valence electrons. The van der Waals surface area contributed by atoms with Gasteiger partial charge in [0, 0.05) is 11.5 Å². The minimum absolute atomic E-state index is 0.0552. The Morgan fingerprint density at radius 1 is 1.24 bits per heavy atom. The molecule has 1 amide bonds. The molecule has 1 aliphatic rings. The summed E-state index contributed by atoms with van der Waals surface area (Å²) in [5.41, 5.74) is 1.87. The largest absolute Gasteiger partial charge is 0.333 e. The predicted molar refractivity (Wildman–Crippen MR) is 99.8 cm³/mol. The first-order valence-electron chi connectivity index (χ1n) is 9.42. The third-order valence-electron chi connectivity index (χ3n) is 5.29. The Bertz CT molecular complexity index is 626. The Hall–Kier alpha value is -1.86. The van der Waals surface area contributed by atoms with Crippen molar-refractivity contribution in [2.45, 2.75) is 65.0 Å². The fourth-order valence-corrected chi connectivity index (χ4v) is 3.35. The maximum atomic E-state index is 12.4. The zero-order valence-electron chi connectivity index (χ0n) is 16.2. The van der Waals surface area contributed by atoms with Gasteiger partial charge in [-0.25, -0.2) is 0 Å². The molecule has 0 aromatic heterocycles. The highest BCUT2D eigenvalue weighted by Gasteiger charge is 2.43. The molecule has 0 aliphatic heterocycles. The standard InChI is InChI=1S/C21H31N3O/c1-14(2)16-6-8-17(9-7-16)20(15(3)4)23-12-19(25)24-21(5,13-22)18-10-11-18/h6-9,14-15,18,20,23H,10-12H2,1-5H3,(H,24,25)/p+1/t20-,21-/m1/s1. The molecule has 0 spiro atoms. The second kappa shape index (κ2) is 8.01. The first-order valence-corrected chi connectivity index (χ1v) is 9.42. The Morgan fingerprint density at radius 2 is 1.80 bits per heavy atom. The molecule has 2 rings (SSSR count). The minimum atomic E-state index is -0.711. The average molecular weight is 343 g/mol. The van der Waals surface area contributed by atoms with Crippen LogP contribution in [0.4, 0.5) is 0 Å². The molecule has 1 saturated carbocycles. The van der Waals surface area contributed by atoms with Gasteiger partial charge in [0.15, 0.2) is 6.54 Å². The third kappa shape index (κ3) is 5.06. The first kappa shape index (κ1) is 19.5. The molecule has 3 N–H and O–H groups in total. The van der Waals surface area contributed by atoms with Gasteiger partial charge in [0.25, 0.3) is 5.91 Å². The van der Waals surface area contributed by atoms with Gasteiger partial charge in [-0.15, -0.1) is 0 Å². The second-order valence-electron chi connectivity index (χ2n) is 8.17. The summed E-state index contributed by atoms with van der Waals surface area (Å²) in [4.78, 5) is 12.4. The van der Waals surface area contributed by atoms with Crippen molar-refractivity contribution >= 4 is 5.91 Å². The fourth-order valence-electron chi connectivity index (χ4n) is 3.35. The molecule has 0 bridgehead atoms. The molecule has 2 atom stereocenters. The quantitative estimate of drug-likeness (QED) is 0.763. The highest BCUT2D eigenvalue weighted by molar-refractivity contribution is 5.78.